The highest BCUT2D eigenvalue weighted by atomic mass is 19.1. The van der Waals surface area contributed by atoms with Crippen molar-refractivity contribution in [1.29, 1.82) is 0 Å². The monoisotopic (exact) mass is 337 g/mol. The summed E-state index contributed by atoms with van der Waals surface area (Å²) < 4.78 is 13.8. The van der Waals surface area contributed by atoms with Crippen molar-refractivity contribution >= 4 is 28.2 Å². The number of fused-ring (bicyclic) bond motifs is 1. The molecule has 128 valence electrons. The van der Waals surface area contributed by atoms with Gasteiger partial charge in [0.2, 0.25) is 0 Å². The van der Waals surface area contributed by atoms with Gasteiger partial charge in [0.05, 0.1) is 0 Å². The van der Waals surface area contributed by atoms with Crippen LogP contribution < -0.4 is 10.2 Å². The molecule has 1 atom stereocenters. The Bertz CT molecular complexity index is 916. The molecule has 1 fully saturated rings. The summed E-state index contributed by atoms with van der Waals surface area (Å²) in [6, 6.07) is 14.2. The molecule has 2 N–H and O–H groups in total. The molecule has 2 aromatic carbocycles. The summed E-state index contributed by atoms with van der Waals surface area (Å²) in [6.07, 6.45) is 1.22. The van der Waals surface area contributed by atoms with Crippen molar-refractivity contribution in [3.8, 4) is 0 Å². The van der Waals surface area contributed by atoms with Gasteiger partial charge in [-0.15, -0.1) is 0 Å². The minimum atomic E-state index is -0.336. The molecule has 0 saturated carbocycles. The first-order valence-electron chi connectivity index (χ1n) is 8.54. The molecule has 0 aliphatic carbocycles. The van der Waals surface area contributed by atoms with Crippen molar-refractivity contribution in [2.45, 2.75) is 13.3 Å². The van der Waals surface area contributed by atoms with Crippen LogP contribution in [0.25, 0.3) is 10.9 Å². The van der Waals surface area contributed by atoms with Crippen LogP contribution in [0.5, 0.6) is 0 Å². The fourth-order valence-electron chi connectivity index (χ4n) is 3.36. The number of aromatic amines is 1. The van der Waals surface area contributed by atoms with Crippen molar-refractivity contribution in [3.05, 3.63) is 60.0 Å². The van der Waals surface area contributed by atoms with Crippen LogP contribution in [0.3, 0.4) is 0 Å². The van der Waals surface area contributed by atoms with Crippen LogP contribution in [-0.4, -0.2) is 24.0 Å². The lowest BCUT2D eigenvalue weighted by atomic mass is 10.2. The lowest BCUT2D eigenvalue weighted by Crippen LogP contribution is -2.19. The van der Waals surface area contributed by atoms with E-state index in [2.05, 4.69) is 22.1 Å². The van der Waals surface area contributed by atoms with Crippen LogP contribution in [0.15, 0.2) is 48.5 Å². The molecule has 1 aliphatic heterocycles. The highest BCUT2D eigenvalue weighted by molar-refractivity contribution is 6.06. The number of carbonyl (C=O) groups is 1. The summed E-state index contributed by atoms with van der Waals surface area (Å²) in [5.74, 6) is 0.108. The number of rotatable bonds is 3. The van der Waals surface area contributed by atoms with Gasteiger partial charge in [-0.3, -0.25) is 4.79 Å². The summed E-state index contributed by atoms with van der Waals surface area (Å²) in [6.45, 7) is 4.41. The van der Waals surface area contributed by atoms with Crippen LogP contribution in [0.4, 0.5) is 15.8 Å². The lowest BCUT2D eigenvalue weighted by molar-refractivity contribution is 0.102. The topological polar surface area (TPSA) is 48.1 Å². The summed E-state index contributed by atoms with van der Waals surface area (Å²) in [5.41, 5.74) is 2.86. The van der Waals surface area contributed by atoms with Crippen LogP contribution in [0.2, 0.25) is 0 Å². The zero-order valence-electron chi connectivity index (χ0n) is 14.1. The third-order valence-corrected chi connectivity index (χ3v) is 4.77. The van der Waals surface area contributed by atoms with Crippen molar-refractivity contribution in [1.82, 2.24) is 4.98 Å². The molecule has 1 saturated heterocycles. The molecule has 25 heavy (non-hydrogen) atoms. The first-order chi connectivity index (χ1) is 12.1. The van der Waals surface area contributed by atoms with Gasteiger partial charge < -0.3 is 15.2 Å². The van der Waals surface area contributed by atoms with Crippen LogP contribution >= 0.6 is 0 Å². The van der Waals surface area contributed by atoms with E-state index in [9.17, 15) is 9.18 Å². The van der Waals surface area contributed by atoms with Crippen LogP contribution in [0, 0.1) is 11.7 Å². The molecule has 1 unspecified atom stereocenters. The maximum Gasteiger partial charge on any atom is 0.272 e. The lowest BCUT2D eigenvalue weighted by Gasteiger charge is -2.18. The molecule has 4 nitrogen and oxygen atoms in total. The Morgan fingerprint density at radius 1 is 1.24 bits per heavy atom. The molecule has 4 rings (SSSR count). The second-order valence-electron chi connectivity index (χ2n) is 6.72. The predicted octanol–water partition coefficient (Wildman–Crippen LogP) is 4.41. The summed E-state index contributed by atoms with van der Waals surface area (Å²) in [7, 11) is 0. The Kier molecular flexibility index (Phi) is 3.92. The number of hydrogen-bond acceptors (Lipinski definition) is 2. The van der Waals surface area contributed by atoms with Gasteiger partial charge >= 0.3 is 0 Å². The van der Waals surface area contributed by atoms with Gasteiger partial charge in [0.1, 0.15) is 11.5 Å². The molecule has 0 spiro atoms. The van der Waals surface area contributed by atoms with Gasteiger partial charge in [-0.05, 0) is 54.8 Å². The fourth-order valence-corrected chi connectivity index (χ4v) is 3.36. The largest absolute Gasteiger partial charge is 0.371 e. The van der Waals surface area contributed by atoms with Crippen molar-refractivity contribution in [3.63, 3.8) is 0 Å². The number of halogens is 1. The number of benzene rings is 2. The zero-order valence-corrected chi connectivity index (χ0v) is 14.1. The number of aromatic nitrogens is 1. The number of amides is 1. The van der Waals surface area contributed by atoms with Gasteiger partial charge in [-0.2, -0.15) is 0 Å². The molecule has 1 aliphatic rings. The standard InChI is InChI=1S/C20H20FN3O/c1-13-9-10-24(12-13)15-7-5-14(6-8-15)22-20(25)19-11-16-17(21)3-2-4-18(16)23-19/h2-8,11,13,23H,9-10,12H2,1H3,(H,22,25). The van der Waals surface area contributed by atoms with Crippen LogP contribution in [0.1, 0.15) is 23.8 Å². The number of nitrogens with zero attached hydrogens (tertiary/aromatic N) is 1. The molecule has 3 aromatic rings. The van der Waals surface area contributed by atoms with E-state index < -0.39 is 0 Å². The van der Waals surface area contributed by atoms with E-state index in [0.717, 1.165) is 24.7 Å². The summed E-state index contributed by atoms with van der Waals surface area (Å²) in [5, 5.41) is 3.28. The van der Waals surface area contributed by atoms with Gasteiger partial charge in [0.25, 0.3) is 5.91 Å². The number of anilines is 2. The highest BCUT2D eigenvalue weighted by Crippen LogP contribution is 2.25. The highest BCUT2D eigenvalue weighted by Gasteiger charge is 2.19. The van der Waals surface area contributed by atoms with Gasteiger partial charge in [-0.25, -0.2) is 4.39 Å². The van der Waals surface area contributed by atoms with Crippen molar-refractivity contribution in [2.24, 2.45) is 5.92 Å². The van der Waals surface area contributed by atoms with E-state index in [1.807, 2.05) is 24.3 Å². The van der Waals surface area contributed by atoms with Crippen molar-refractivity contribution < 1.29 is 9.18 Å². The number of H-pyrrole nitrogens is 1. The molecular weight excluding hydrogens is 317 g/mol. The minimum Gasteiger partial charge on any atom is -0.371 e. The molecule has 5 heteroatoms. The maximum absolute atomic E-state index is 13.8. The molecule has 1 amide bonds. The second-order valence-corrected chi connectivity index (χ2v) is 6.72. The molecule has 0 bridgehead atoms. The van der Waals surface area contributed by atoms with Gasteiger partial charge in [-0.1, -0.05) is 13.0 Å². The maximum atomic E-state index is 13.8. The molecule has 2 heterocycles. The van der Waals surface area contributed by atoms with Gasteiger partial charge in [0, 0.05) is 35.4 Å². The number of hydrogen-bond donors (Lipinski definition) is 2. The Hall–Kier alpha value is -2.82. The first-order valence-corrected chi connectivity index (χ1v) is 8.54. The number of carbonyl (C=O) groups excluding carboxylic acids is 1. The Morgan fingerprint density at radius 2 is 2.04 bits per heavy atom. The smallest absolute Gasteiger partial charge is 0.272 e. The molecular formula is C20H20FN3O. The number of nitrogens with one attached hydrogen (secondary N) is 2. The average molecular weight is 337 g/mol. The minimum absolute atomic E-state index is 0.279. The first kappa shape index (κ1) is 15.7. The molecule has 1 aromatic heterocycles. The van der Waals surface area contributed by atoms with Crippen molar-refractivity contribution in [2.75, 3.05) is 23.3 Å². The van der Waals surface area contributed by atoms with E-state index >= 15 is 0 Å². The van der Waals surface area contributed by atoms with E-state index in [4.69, 9.17) is 0 Å². The third kappa shape index (κ3) is 3.09. The molecule has 0 radical (unpaired) electrons. The predicted molar refractivity (Wildman–Crippen MR) is 98.6 cm³/mol. The Labute approximate surface area is 145 Å². The Balaban J connectivity index is 1.49. The summed E-state index contributed by atoms with van der Waals surface area (Å²) in [4.78, 5) is 17.7. The third-order valence-electron chi connectivity index (χ3n) is 4.77. The SMILES string of the molecule is CC1CCN(c2ccc(NC(=O)c3cc4c(F)cccc4[nH]3)cc2)C1. The van der Waals surface area contributed by atoms with E-state index in [1.54, 1.807) is 18.2 Å². The van der Waals surface area contributed by atoms with Crippen LogP contribution in [-0.2, 0) is 0 Å². The van der Waals surface area contributed by atoms with Gasteiger partial charge in [0.15, 0.2) is 0 Å². The fraction of sp³-hybridized carbons (Fsp3) is 0.250. The quantitative estimate of drug-likeness (QED) is 0.744. The average Bonchev–Trinajstić information content (AvgIpc) is 3.23. The normalized spacial score (nSPS) is 17.2. The zero-order chi connectivity index (χ0) is 17.4. The van der Waals surface area contributed by atoms with E-state index in [1.165, 1.54) is 18.2 Å². The summed E-state index contributed by atoms with van der Waals surface area (Å²) >= 11 is 0. The Morgan fingerprint density at radius 3 is 2.72 bits per heavy atom. The van der Waals surface area contributed by atoms with E-state index in [-0.39, 0.29) is 11.7 Å². The second kappa shape index (κ2) is 6.24. The van der Waals surface area contributed by atoms with E-state index in [0.29, 0.717) is 16.6 Å².